The van der Waals surface area contributed by atoms with Gasteiger partial charge in [0, 0.05) is 24.6 Å². The van der Waals surface area contributed by atoms with Crippen LogP contribution in [-0.4, -0.2) is 66.9 Å². The van der Waals surface area contributed by atoms with Gasteiger partial charge in [-0.2, -0.15) is 0 Å². The molecule has 0 bridgehead atoms. The first-order valence-electron chi connectivity index (χ1n) is 11.5. The summed E-state index contributed by atoms with van der Waals surface area (Å²) in [6, 6.07) is 6.29. The number of ether oxygens (including phenoxy) is 2. The number of aliphatic hydroxyl groups excluding tert-OH is 1. The van der Waals surface area contributed by atoms with E-state index < -0.39 is 46.8 Å². The van der Waals surface area contributed by atoms with Crippen molar-refractivity contribution in [1.82, 2.24) is 0 Å². The highest BCUT2D eigenvalue weighted by molar-refractivity contribution is 6.05. The van der Waals surface area contributed by atoms with Crippen LogP contribution in [0.2, 0.25) is 0 Å². The first-order valence-corrected chi connectivity index (χ1v) is 11.5. The number of hydrogen-bond acceptors (Lipinski definition) is 8. The van der Waals surface area contributed by atoms with E-state index in [4.69, 9.17) is 20.3 Å². The van der Waals surface area contributed by atoms with Crippen molar-refractivity contribution >= 4 is 29.5 Å². The number of esters is 2. The summed E-state index contributed by atoms with van der Waals surface area (Å²) in [6.45, 7) is 4.91. The van der Waals surface area contributed by atoms with Crippen molar-refractivity contribution in [3.8, 4) is 0 Å². The number of carboxylic acids is 1. The van der Waals surface area contributed by atoms with Gasteiger partial charge in [-0.1, -0.05) is 39.0 Å². The second-order valence-corrected chi connectivity index (χ2v) is 10.1. The lowest BCUT2D eigenvalue weighted by Gasteiger charge is -2.41. The number of fused-ring (bicyclic) bond motifs is 1. The standard InChI is InChI=1S/C25H36N2O8/c1-15(21(30)31)10-19(28)17(26)12-24(2,3)13-20(29)27-14-25(22(32)34-4,23(33)35-5)11-16-8-6-7-9-18(16)27/h6-9,15,17,19,28H,10-14,26H2,1-5H3,(H,30,31)/t15-,17+,19+/m1/s1. The quantitative estimate of drug-likeness (QED) is 0.325. The van der Waals surface area contributed by atoms with Crippen LogP contribution in [0.1, 0.15) is 45.6 Å². The topological polar surface area (TPSA) is 156 Å². The van der Waals surface area contributed by atoms with Gasteiger partial charge in [0.1, 0.15) is 0 Å². The van der Waals surface area contributed by atoms with Crippen molar-refractivity contribution in [3.63, 3.8) is 0 Å². The van der Waals surface area contributed by atoms with Crippen LogP contribution in [0.3, 0.4) is 0 Å². The van der Waals surface area contributed by atoms with E-state index in [0.29, 0.717) is 11.3 Å². The van der Waals surface area contributed by atoms with Gasteiger partial charge in [0.15, 0.2) is 5.41 Å². The van der Waals surface area contributed by atoms with Crippen LogP contribution < -0.4 is 10.6 Å². The van der Waals surface area contributed by atoms with Crippen LogP contribution in [0.4, 0.5) is 5.69 Å². The van der Waals surface area contributed by atoms with E-state index in [1.807, 2.05) is 13.8 Å². The minimum absolute atomic E-state index is 0.000799. The molecule has 0 radical (unpaired) electrons. The van der Waals surface area contributed by atoms with E-state index in [-0.39, 0.29) is 38.1 Å². The summed E-state index contributed by atoms with van der Waals surface area (Å²) >= 11 is 0. The Morgan fingerprint density at radius 2 is 1.71 bits per heavy atom. The van der Waals surface area contributed by atoms with Crippen LogP contribution in [0.15, 0.2) is 24.3 Å². The molecule has 1 amide bonds. The molecule has 0 unspecified atom stereocenters. The summed E-state index contributed by atoms with van der Waals surface area (Å²) in [5.41, 5.74) is 5.01. The maximum Gasteiger partial charge on any atom is 0.325 e. The molecular weight excluding hydrogens is 456 g/mol. The number of hydrogen-bond donors (Lipinski definition) is 3. The van der Waals surface area contributed by atoms with Crippen molar-refractivity contribution < 1.29 is 38.9 Å². The number of aliphatic carboxylic acids is 1. The number of carbonyl (C=O) groups is 4. The number of nitrogens with two attached hydrogens (primary N) is 1. The van der Waals surface area contributed by atoms with Crippen molar-refractivity contribution in [2.75, 3.05) is 25.7 Å². The number of benzene rings is 1. The fraction of sp³-hybridized carbons (Fsp3) is 0.600. The molecule has 1 aliphatic rings. The highest BCUT2D eigenvalue weighted by Crippen LogP contribution is 2.40. The summed E-state index contributed by atoms with van der Waals surface area (Å²) in [5, 5.41) is 19.4. The Labute approximate surface area is 205 Å². The maximum atomic E-state index is 13.5. The van der Waals surface area contributed by atoms with Crippen molar-refractivity contribution in [2.24, 2.45) is 22.5 Å². The number of rotatable bonds is 10. The van der Waals surface area contributed by atoms with Crippen molar-refractivity contribution in [1.29, 1.82) is 0 Å². The zero-order valence-electron chi connectivity index (χ0n) is 20.9. The lowest BCUT2D eigenvalue weighted by atomic mass is 9.76. The second-order valence-electron chi connectivity index (χ2n) is 10.1. The molecule has 1 heterocycles. The molecular formula is C25H36N2O8. The highest BCUT2D eigenvalue weighted by Gasteiger charge is 2.53. The Balaban J connectivity index is 2.28. The third-order valence-electron chi connectivity index (χ3n) is 6.58. The van der Waals surface area contributed by atoms with Crippen LogP contribution in [0, 0.1) is 16.7 Å². The van der Waals surface area contributed by atoms with Gasteiger partial charge in [0.05, 0.1) is 32.8 Å². The number of carbonyl (C=O) groups excluding carboxylic acids is 3. The molecule has 1 aliphatic heterocycles. The maximum absolute atomic E-state index is 13.5. The van der Waals surface area contributed by atoms with E-state index in [1.165, 1.54) is 26.0 Å². The molecule has 0 aromatic heterocycles. The molecule has 10 heteroatoms. The average Bonchev–Trinajstić information content (AvgIpc) is 2.81. The third kappa shape index (κ3) is 6.37. The monoisotopic (exact) mass is 492 g/mol. The summed E-state index contributed by atoms with van der Waals surface area (Å²) in [7, 11) is 2.36. The average molecular weight is 493 g/mol. The SMILES string of the molecule is COC(=O)C1(C(=O)OC)Cc2ccccc2N(C(=O)CC(C)(C)C[C@H](N)[C@@H](O)C[C@@H](C)C(=O)O)C1. The van der Waals surface area contributed by atoms with Gasteiger partial charge >= 0.3 is 17.9 Å². The molecule has 4 N–H and O–H groups in total. The van der Waals surface area contributed by atoms with Gasteiger partial charge in [-0.15, -0.1) is 0 Å². The molecule has 0 spiro atoms. The lowest BCUT2D eigenvalue weighted by Crippen LogP contribution is -2.56. The Morgan fingerprint density at radius 1 is 1.14 bits per heavy atom. The largest absolute Gasteiger partial charge is 0.481 e. The van der Waals surface area contributed by atoms with Gasteiger partial charge in [0.25, 0.3) is 0 Å². The number of nitrogens with zero attached hydrogens (tertiary/aromatic N) is 1. The molecule has 35 heavy (non-hydrogen) atoms. The number of carboxylic acid groups (broad SMARTS) is 1. The number of amides is 1. The van der Waals surface area contributed by atoms with E-state index >= 15 is 0 Å². The van der Waals surface area contributed by atoms with Crippen LogP contribution >= 0.6 is 0 Å². The molecule has 0 fully saturated rings. The highest BCUT2D eigenvalue weighted by atomic mass is 16.5. The number of anilines is 1. The fourth-order valence-electron chi connectivity index (χ4n) is 4.62. The fourth-order valence-corrected chi connectivity index (χ4v) is 4.62. The predicted molar refractivity (Wildman–Crippen MR) is 127 cm³/mol. The van der Waals surface area contributed by atoms with Crippen molar-refractivity contribution in [3.05, 3.63) is 29.8 Å². The van der Waals surface area contributed by atoms with E-state index in [2.05, 4.69) is 0 Å². The van der Waals surface area contributed by atoms with Crippen LogP contribution in [0.5, 0.6) is 0 Å². The molecule has 0 aliphatic carbocycles. The lowest BCUT2D eigenvalue weighted by molar-refractivity contribution is -0.168. The van der Waals surface area contributed by atoms with Gasteiger partial charge < -0.3 is 30.3 Å². The Bertz CT molecular complexity index is 945. The summed E-state index contributed by atoms with van der Waals surface area (Å²) in [5.74, 6) is -3.67. The molecule has 0 saturated heterocycles. The van der Waals surface area contributed by atoms with Crippen molar-refractivity contribution in [2.45, 2.75) is 58.6 Å². The number of aliphatic hydroxyl groups is 1. The van der Waals surface area contributed by atoms with E-state index in [9.17, 15) is 24.3 Å². The molecule has 10 nitrogen and oxygen atoms in total. The summed E-state index contributed by atoms with van der Waals surface area (Å²) < 4.78 is 9.85. The Hall–Kier alpha value is -2.98. The van der Waals surface area contributed by atoms with Gasteiger partial charge in [-0.05, 0) is 29.9 Å². The minimum atomic E-state index is -1.70. The Kier molecular flexibility index (Phi) is 9.02. The number of para-hydroxylation sites is 1. The first kappa shape index (κ1) is 28.3. The molecule has 194 valence electrons. The number of methoxy groups -OCH3 is 2. The van der Waals surface area contributed by atoms with E-state index in [1.54, 1.807) is 24.3 Å². The molecule has 0 saturated carbocycles. The zero-order valence-corrected chi connectivity index (χ0v) is 20.9. The van der Waals surface area contributed by atoms with Crippen LogP contribution in [-0.2, 0) is 35.1 Å². The smallest absolute Gasteiger partial charge is 0.325 e. The minimum Gasteiger partial charge on any atom is -0.481 e. The second kappa shape index (κ2) is 11.2. The predicted octanol–water partition coefficient (Wildman–Crippen LogP) is 1.51. The van der Waals surface area contributed by atoms with Gasteiger partial charge in [-0.3, -0.25) is 19.2 Å². The van der Waals surface area contributed by atoms with Gasteiger partial charge in [0.2, 0.25) is 5.91 Å². The van der Waals surface area contributed by atoms with Gasteiger partial charge in [-0.25, -0.2) is 0 Å². The molecule has 2 rings (SSSR count). The first-order chi connectivity index (χ1) is 16.3. The summed E-state index contributed by atoms with van der Waals surface area (Å²) in [4.78, 5) is 51.6. The molecule has 1 aromatic carbocycles. The normalized spacial score (nSPS) is 17.5. The Morgan fingerprint density at radius 3 is 2.26 bits per heavy atom. The summed E-state index contributed by atoms with van der Waals surface area (Å²) in [6.07, 6.45) is -0.747. The third-order valence-corrected chi connectivity index (χ3v) is 6.58. The molecule has 3 atom stereocenters. The van der Waals surface area contributed by atoms with E-state index in [0.717, 1.165) is 0 Å². The molecule has 1 aromatic rings. The van der Waals surface area contributed by atoms with Crippen LogP contribution in [0.25, 0.3) is 0 Å². The zero-order chi connectivity index (χ0) is 26.6.